The Morgan fingerprint density at radius 3 is 2.68 bits per heavy atom. The van der Waals surface area contributed by atoms with Crippen LogP contribution in [-0.2, 0) is 22.7 Å². The molecular weight excluding hydrogens is 416 g/mol. The summed E-state index contributed by atoms with van der Waals surface area (Å²) in [6.45, 7) is 4.93. The molecule has 2 aromatic rings. The highest BCUT2D eigenvalue weighted by molar-refractivity contribution is 6.30. The highest BCUT2D eigenvalue weighted by atomic mass is 35.5. The van der Waals surface area contributed by atoms with Gasteiger partial charge < -0.3 is 19.5 Å². The first-order valence-electron chi connectivity index (χ1n) is 11.0. The average Bonchev–Trinajstić information content (AvgIpc) is 3.22. The maximum atomic E-state index is 13.1. The summed E-state index contributed by atoms with van der Waals surface area (Å²) in [5.74, 6) is 0.0222. The Bertz CT molecular complexity index is 919. The van der Waals surface area contributed by atoms with Crippen molar-refractivity contribution in [1.29, 1.82) is 0 Å². The summed E-state index contributed by atoms with van der Waals surface area (Å²) in [4.78, 5) is 31.6. The van der Waals surface area contributed by atoms with Gasteiger partial charge in [-0.05, 0) is 37.0 Å². The van der Waals surface area contributed by atoms with E-state index in [0.717, 1.165) is 30.6 Å². The van der Waals surface area contributed by atoms with E-state index in [0.29, 0.717) is 49.8 Å². The zero-order chi connectivity index (χ0) is 21.8. The fraction of sp³-hybridized carbons (Fsp3) is 0.522. The molecular formula is C23H29ClN4O3. The SMILES string of the molecule is CCCCNC(=O)C1CCN(C(=O)c2ncn3c2COC(c2ccc(Cl)cc2)C3)CC1. The molecule has 4 rings (SSSR count). The molecule has 1 atom stereocenters. The monoisotopic (exact) mass is 444 g/mol. The molecule has 3 heterocycles. The maximum absolute atomic E-state index is 13.1. The minimum absolute atomic E-state index is 0.0136. The van der Waals surface area contributed by atoms with Crippen LogP contribution in [0.25, 0.3) is 0 Å². The van der Waals surface area contributed by atoms with E-state index in [1.165, 1.54) is 0 Å². The Hall–Kier alpha value is -2.38. The van der Waals surface area contributed by atoms with Crippen molar-refractivity contribution in [2.45, 2.75) is 51.9 Å². The van der Waals surface area contributed by atoms with Crippen LogP contribution >= 0.6 is 11.6 Å². The van der Waals surface area contributed by atoms with Gasteiger partial charge in [-0.1, -0.05) is 37.1 Å². The summed E-state index contributed by atoms with van der Waals surface area (Å²) in [6.07, 6.45) is 5.07. The summed E-state index contributed by atoms with van der Waals surface area (Å²) >= 11 is 5.98. The predicted octanol–water partition coefficient (Wildman–Crippen LogP) is 3.58. The number of benzene rings is 1. The average molecular weight is 445 g/mol. The van der Waals surface area contributed by atoms with E-state index >= 15 is 0 Å². The van der Waals surface area contributed by atoms with Gasteiger partial charge in [-0.25, -0.2) is 4.98 Å². The van der Waals surface area contributed by atoms with Crippen molar-refractivity contribution in [3.63, 3.8) is 0 Å². The number of carbonyl (C=O) groups is 2. The van der Waals surface area contributed by atoms with E-state index in [4.69, 9.17) is 16.3 Å². The zero-order valence-corrected chi connectivity index (χ0v) is 18.6. The number of ether oxygens (including phenoxy) is 1. The van der Waals surface area contributed by atoms with Crippen LogP contribution in [0.5, 0.6) is 0 Å². The van der Waals surface area contributed by atoms with Gasteiger partial charge in [-0.3, -0.25) is 9.59 Å². The smallest absolute Gasteiger partial charge is 0.274 e. The van der Waals surface area contributed by atoms with Crippen LogP contribution in [0.4, 0.5) is 0 Å². The van der Waals surface area contributed by atoms with Crippen LogP contribution in [-0.4, -0.2) is 45.9 Å². The standard InChI is InChI=1S/C23H29ClN4O3/c1-2-3-10-25-22(29)17-8-11-27(12-9-17)23(30)21-19-14-31-20(13-28(19)15-26-21)16-4-6-18(24)7-5-16/h4-7,15,17,20H,2-3,8-14H2,1H3,(H,25,29). The van der Waals surface area contributed by atoms with E-state index < -0.39 is 0 Å². The molecule has 1 fully saturated rings. The van der Waals surface area contributed by atoms with Gasteiger partial charge in [0.2, 0.25) is 5.91 Å². The fourth-order valence-corrected chi connectivity index (χ4v) is 4.34. The summed E-state index contributed by atoms with van der Waals surface area (Å²) in [6, 6.07) is 7.63. The van der Waals surface area contributed by atoms with Crippen molar-refractivity contribution < 1.29 is 14.3 Å². The number of amides is 2. The van der Waals surface area contributed by atoms with Crippen LogP contribution in [0.3, 0.4) is 0 Å². The lowest BCUT2D eigenvalue weighted by atomic mass is 9.95. The highest BCUT2D eigenvalue weighted by Gasteiger charge is 2.32. The molecule has 0 bridgehead atoms. The number of nitrogens with zero attached hydrogens (tertiary/aromatic N) is 3. The third-order valence-electron chi connectivity index (χ3n) is 6.16. The third kappa shape index (κ3) is 4.93. The van der Waals surface area contributed by atoms with Crippen LogP contribution in [0, 0.1) is 5.92 Å². The molecule has 31 heavy (non-hydrogen) atoms. The lowest BCUT2D eigenvalue weighted by molar-refractivity contribution is -0.126. The Kier molecular flexibility index (Phi) is 6.92. The predicted molar refractivity (Wildman–Crippen MR) is 118 cm³/mol. The number of aromatic nitrogens is 2. The molecule has 2 amide bonds. The van der Waals surface area contributed by atoms with Gasteiger partial charge in [0.05, 0.1) is 25.2 Å². The van der Waals surface area contributed by atoms with E-state index in [1.807, 2.05) is 33.7 Å². The molecule has 2 aliphatic rings. The van der Waals surface area contributed by atoms with Crippen molar-refractivity contribution in [2.75, 3.05) is 19.6 Å². The van der Waals surface area contributed by atoms with Gasteiger partial charge in [0.25, 0.3) is 5.91 Å². The summed E-state index contributed by atoms with van der Waals surface area (Å²) < 4.78 is 8.04. The molecule has 0 saturated carbocycles. The number of hydrogen-bond acceptors (Lipinski definition) is 4. The van der Waals surface area contributed by atoms with Crippen LogP contribution in [0.2, 0.25) is 5.02 Å². The minimum atomic E-state index is -0.0936. The summed E-state index contributed by atoms with van der Waals surface area (Å²) in [5.41, 5.74) is 2.32. The van der Waals surface area contributed by atoms with Gasteiger partial charge >= 0.3 is 0 Å². The molecule has 1 aromatic carbocycles. The van der Waals surface area contributed by atoms with Crippen molar-refractivity contribution in [2.24, 2.45) is 5.92 Å². The van der Waals surface area contributed by atoms with Gasteiger partial charge in [0, 0.05) is 30.6 Å². The van der Waals surface area contributed by atoms with Gasteiger partial charge in [0.1, 0.15) is 6.10 Å². The van der Waals surface area contributed by atoms with Crippen molar-refractivity contribution in [3.8, 4) is 0 Å². The first kappa shape index (κ1) is 21.8. The molecule has 0 aliphatic carbocycles. The van der Waals surface area contributed by atoms with E-state index in [-0.39, 0.29) is 23.8 Å². The van der Waals surface area contributed by atoms with Gasteiger partial charge in [-0.15, -0.1) is 0 Å². The fourth-order valence-electron chi connectivity index (χ4n) is 4.21. The van der Waals surface area contributed by atoms with Crippen LogP contribution in [0.1, 0.15) is 60.5 Å². The van der Waals surface area contributed by atoms with E-state index in [1.54, 1.807) is 6.33 Å². The number of unbranched alkanes of at least 4 members (excludes halogenated alkanes) is 1. The number of nitrogens with one attached hydrogen (secondary N) is 1. The second-order valence-corrected chi connectivity index (χ2v) is 8.69. The van der Waals surface area contributed by atoms with Crippen LogP contribution < -0.4 is 5.32 Å². The molecule has 0 radical (unpaired) electrons. The molecule has 1 saturated heterocycles. The first-order chi connectivity index (χ1) is 15.1. The molecule has 7 nitrogen and oxygen atoms in total. The Balaban J connectivity index is 1.35. The van der Waals surface area contributed by atoms with Crippen molar-refractivity contribution >= 4 is 23.4 Å². The number of likely N-dealkylation sites (tertiary alicyclic amines) is 1. The maximum Gasteiger partial charge on any atom is 0.274 e. The number of imidazole rings is 1. The normalized spacial score (nSPS) is 19.2. The quantitative estimate of drug-likeness (QED) is 0.691. The van der Waals surface area contributed by atoms with E-state index in [9.17, 15) is 9.59 Å². The lowest BCUT2D eigenvalue weighted by Crippen LogP contribution is -2.43. The summed E-state index contributed by atoms with van der Waals surface area (Å²) in [5, 5.41) is 3.70. The topological polar surface area (TPSA) is 76.5 Å². The Morgan fingerprint density at radius 2 is 1.97 bits per heavy atom. The lowest BCUT2D eigenvalue weighted by Gasteiger charge is -2.31. The molecule has 8 heteroatoms. The molecule has 1 unspecified atom stereocenters. The second-order valence-electron chi connectivity index (χ2n) is 8.25. The molecule has 0 spiro atoms. The Labute approximate surface area is 187 Å². The molecule has 2 aliphatic heterocycles. The van der Waals surface area contributed by atoms with Crippen LogP contribution in [0.15, 0.2) is 30.6 Å². The highest BCUT2D eigenvalue weighted by Crippen LogP contribution is 2.29. The Morgan fingerprint density at radius 1 is 1.23 bits per heavy atom. The van der Waals surface area contributed by atoms with Crippen molar-refractivity contribution in [1.82, 2.24) is 19.8 Å². The third-order valence-corrected chi connectivity index (χ3v) is 6.41. The zero-order valence-electron chi connectivity index (χ0n) is 17.8. The second kappa shape index (κ2) is 9.83. The first-order valence-corrected chi connectivity index (χ1v) is 11.4. The van der Waals surface area contributed by atoms with Gasteiger partial charge in [-0.2, -0.15) is 0 Å². The summed E-state index contributed by atoms with van der Waals surface area (Å²) in [7, 11) is 0. The number of hydrogen-bond donors (Lipinski definition) is 1. The minimum Gasteiger partial charge on any atom is -0.365 e. The number of carbonyl (C=O) groups excluding carboxylic acids is 2. The molecule has 166 valence electrons. The van der Waals surface area contributed by atoms with E-state index in [2.05, 4.69) is 17.2 Å². The van der Waals surface area contributed by atoms with Gasteiger partial charge in [0.15, 0.2) is 5.69 Å². The number of fused-ring (bicyclic) bond motifs is 1. The molecule has 1 N–H and O–H groups in total. The number of rotatable bonds is 6. The number of halogens is 1. The molecule has 1 aromatic heterocycles. The van der Waals surface area contributed by atoms with Crippen molar-refractivity contribution in [3.05, 3.63) is 52.6 Å². The largest absolute Gasteiger partial charge is 0.365 e. The number of piperidine rings is 1.